The molecule has 4 nitrogen and oxygen atoms in total. The Hall–Kier alpha value is -0.610. The Kier molecular flexibility index (Phi) is 3.05. The molecule has 70 valence electrons. The number of nitrogens with one attached hydrogen (secondary N) is 1. The van der Waals surface area contributed by atoms with Crippen LogP contribution in [0.3, 0.4) is 0 Å². The van der Waals surface area contributed by atoms with Gasteiger partial charge >= 0.3 is 0 Å². The first kappa shape index (κ1) is 9.48. The maximum atomic E-state index is 11.1. The van der Waals surface area contributed by atoms with Crippen LogP contribution in [-0.4, -0.2) is 29.9 Å². The molecular weight excluding hydrogens is 154 g/mol. The van der Waals surface area contributed by atoms with Crippen LogP contribution in [0.1, 0.15) is 20.3 Å². The first-order chi connectivity index (χ1) is 5.65. The fourth-order valence-electron chi connectivity index (χ4n) is 1.61. The van der Waals surface area contributed by atoms with Crippen LogP contribution in [0.4, 0.5) is 0 Å². The number of nitrogens with zero attached hydrogens (tertiary/aromatic N) is 1. The summed E-state index contributed by atoms with van der Waals surface area (Å²) in [6.45, 7) is 6.11. The van der Waals surface area contributed by atoms with Crippen LogP contribution in [0.25, 0.3) is 0 Å². The summed E-state index contributed by atoms with van der Waals surface area (Å²) in [6, 6.07) is -0.0834. The van der Waals surface area contributed by atoms with Gasteiger partial charge in [-0.2, -0.15) is 0 Å². The van der Waals surface area contributed by atoms with Crippen molar-refractivity contribution >= 4 is 5.91 Å². The molecule has 1 fully saturated rings. The lowest BCUT2D eigenvalue weighted by atomic mass is 10.2. The van der Waals surface area contributed by atoms with E-state index in [0.717, 1.165) is 13.1 Å². The van der Waals surface area contributed by atoms with E-state index >= 15 is 0 Å². The number of carbonyl (C=O) groups is 1. The van der Waals surface area contributed by atoms with E-state index in [1.54, 1.807) is 0 Å². The van der Waals surface area contributed by atoms with Crippen LogP contribution in [0, 0.1) is 5.92 Å². The summed E-state index contributed by atoms with van der Waals surface area (Å²) in [5.41, 5.74) is 2.18. The molecule has 0 aromatic carbocycles. The van der Waals surface area contributed by atoms with Gasteiger partial charge in [-0.3, -0.25) is 15.1 Å². The van der Waals surface area contributed by atoms with Crippen LogP contribution in [0.15, 0.2) is 0 Å². The van der Waals surface area contributed by atoms with Gasteiger partial charge in [-0.1, -0.05) is 6.92 Å². The van der Waals surface area contributed by atoms with Gasteiger partial charge in [-0.05, 0) is 25.8 Å². The van der Waals surface area contributed by atoms with Crippen molar-refractivity contribution in [2.45, 2.75) is 26.3 Å². The molecule has 2 unspecified atom stereocenters. The highest BCUT2D eigenvalue weighted by Gasteiger charge is 2.26. The second-order valence-corrected chi connectivity index (χ2v) is 3.57. The molecular formula is C8H17N3O. The summed E-state index contributed by atoms with van der Waals surface area (Å²) in [4.78, 5) is 13.3. The predicted octanol–water partition coefficient (Wildman–Crippen LogP) is -0.293. The van der Waals surface area contributed by atoms with Crippen LogP contribution in [0.2, 0.25) is 0 Å². The molecule has 3 N–H and O–H groups in total. The van der Waals surface area contributed by atoms with Gasteiger partial charge < -0.3 is 0 Å². The lowest BCUT2D eigenvalue weighted by molar-refractivity contribution is -0.125. The molecule has 1 heterocycles. The van der Waals surface area contributed by atoms with Gasteiger partial charge in [-0.25, -0.2) is 5.84 Å². The molecule has 0 bridgehead atoms. The van der Waals surface area contributed by atoms with E-state index in [2.05, 4.69) is 17.2 Å². The molecule has 0 saturated carbocycles. The summed E-state index contributed by atoms with van der Waals surface area (Å²) in [5, 5.41) is 0. The first-order valence-corrected chi connectivity index (χ1v) is 4.39. The zero-order chi connectivity index (χ0) is 9.14. The Balaban J connectivity index is 2.42. The quantitative estimate of drug-likeness (QED) is 0.341. The third kappa shape index (κ3) is 1.95. The van der Waals surface area contributed by atoms with Crippen molar-refractivity contribution in [3.63, 3.8) is 0 Å². The summed E-state index contributed by atoms with van der Waals surface area (Å²) in [6.07, 6.45) is 1.18. The molecule has 0 radical (unpaired) electrons. The molecule has 0 aliphatic carbocycles. The molecule has 1 aliphatic rings. The smallest absolute Gasteiger partial charge is 0.250 e. The maximum Gasteiger partial charge on any atom is 0.250 e. The summed E-state index contributed by atoms with van der Waals surface area (Å²) >= 11 is 0. The lowest BCUT2D eigenvalue weighted by Gasteiger charge is -2.21. The molecule has 0 aromatic heterocycles. The third-order valence-corrected chi connectivity index (χ3v) is 2.52. The normalized spacial score (nSPS) is 27.1. The van der Waals surface area contributed by atoms with Crippen molar-refractivity contribution in [2.75, 3.05) is 13.1 Å². The number of amides is 1. The molecule has 12 heavy (non-hydrogen) atoms. The number of hydrogen-bond donors (Lipinski definition) is 2. The summed E-state index contributed by atoms with van der Waals surface area (Å²) in [5.74, 6) is 5.66. The van der Waals surface area contributed by atoms with Gasteiger partial charge in [0.05, 0.1) is 6.04 Å². The first-order valence-electron chi connectivity index (χ1n) is 4.39. The van der Waals surface area contributed by atoms with Crippen LogP contribution < -0.4 is 11.3 Å². The second kappa shape index (κ2) is 3.87. The monoisotopic (exact) mass is 171 g/mol. The molecule has 1 rings (SSSR count). The highest BCUT2D eigenvalue weighted by Crippen LogP contribution is 2.17. The number of hydrazine groups is 1. The van der Waals surface area contributed by atoms with Crippen molar-refractivity contribution < 1.29 is 4.79 Å². The van der Waals surface area contributed by atoms with Crippen molar-refractivity contribution in [3.8, 4) is 0 Å². The number of rotatable bonds is 2. The number of hydrogen-bond acceptors (Lipinski definition) is 3. The van der Waals surface area contributed by atoms with Crippen LogP contribution >= 0.6 is 0 Å². The molecule has 4 heteroatoms. The zero-order valence-corrected chi connectivity index (χ0v) is 7.71. The minimum atomic E-state index is -0.0934. The average Bonchev–Trinajstić information content (AvgIpc) is 2.49. The minimum absolute atomic E-state index is 0.0834. The highest BCUT2D eigenvalue weighted by molar-refractivity contribution is 5.80. The SMILES string of the molecule is CC1CCN(C(C)C(=O)NN)C1. The summed E-state index contributed by atoms with van der Waals surface area (Å²) in [7, 11) is 0. The van der Waals surface area contributed by atoms with E-state index in [-0.39, 0.29) is 11.9 Å². The third-order valence-electron chi connectivity index (χ3n) is 2.52. The van der Waals surface area contributed by atoms with E-state index in [1.807, 2.05) is 6.92 Å². The van der Waals surface area contributed by atoms with Gasteiger partial charge in [0.1, 0.15) is 0 Å². The van der Waals surface area contributed by atoms with E-state index < -0.39 is 0 Å². The minimum Gasteiger partial charge on any atom is -0.293 e. The van der Waals surface area contributed by atoms with Gasteiger partial charge in [0.15, 0.2) is 0 Å². The average molecular weight is 171 g/mol. The maximum absolute atomic E-state index is 11.1. The van der Waals surface area contributed by atoms with Crippen molar-refractivity contribution in [2.24, 2.45) is 11.8 Å². The van der Waals surface area contributed by atoms with E-state index in [9.17, 15) is 4.79 Å². The Morgan fingerprint density at radius 3 is 2.83 bits per heavy atom. The molecule has 1 aliphatic heterocycles. The number of nitrogens with two attached hydrogens (primary N) is 1. The molecule has 0 aromatic rings. The zero-order valence-electron chi connectivity index (χ0n) is 7.71. The molecule has 1 amide bonds. The Morgan fingerprint density at radius 1 is 1.75 bits per heavy atom. The topological polar surface area (TPSA) is 58.4 Å². The summed E-state index contributed by atoms with van der Waals surface area (Å²) < 4.78 is 0. The fourth-order valence-corrected chi connectivity index (χ4v) is 1.61. The van der Waals surface area contributed by atoms with Gasteiger partial charge in [0.25, 0.3) is 5.91 Å². The van der Waals surface area contributed by atoms with Crippen LogP contribution in [-0.2, 0) is 4.79 Å². The van der Waals surface area contributed by atoms with E-state index in [0.29, 0.717) is 5.92 Å². The van der Waals surface area contributed by atoms with Gasteiger partial charge in [0, 0.05) is 6.54 Å². The van der Waals surface area contributed by atoms with E-state index in [4.69, 9.17) is 5.84 Å². The van der Waals surface area contributed by atoms with Crippen molar-refractivity contribution in [1.29, 1.82) is 0 Å². The van der Waals surface area contributed by atoms with Gasteiger partial charge in [0.2, 0.25) is 0 Å². The van der Waals surface area contributed by atoms with Crippen molar-refractivity contribution in [1.82, 2.24) is 10.3 Å². The van der Waals surface area contributed by atoms with E-state index in [1.165, 1.54) is 6.42 Å². The fraction of sp³-hybridized carbons (Fsp3) is 0.875. The van der Waals surface area contributed by atoms with Crippen molar-refractivity contribution in [3.05, 3.63) is 0 Å². The largest absolute Gasteiger partial charge is 0.293 e. The van der Waals surface area contributed by atoms with Gasteiger partial charge in [-0.15, -0.1) is 0 Å². The second-order valence-electron chi connectivity index (χ2n) is 3.57. The standard InChI is InChI=1S/C8H17N3O/c1-6-3-4-11(5-6)7(2)8(12)10-9/h6-7H,3-5,9H2,1-2H3,(H,10,12). The predicted molar refractivity (Wildman–Crippen MR) is 47.1 cm³/mol. The molecule has 2 atom stereocenters. The Labute approximate surface area is 73.1 Å². The molecule has 1 saturated heterocycles. The highest BCUT2D eigenvalue weighted by atomic mass is 16.2. The van der Waals surface area contributed by atoms with Crippen LogP contribution in [0.5, 0.6) is 0 Å². The number of carbonyl (C=O) groups excluding carboxylic acids is 1. The lowest BCUT2D eigenvalue weighted by Crippen LogP contribution is -2.46. The molecule has 0 spiro atoms. The number of likely N-dealkylation sites (tertiary alicyclic amines) is 1. The Bertz CT molecular complexity index is 172. The Morgan fingerprint density at radius 2 is 2.42 bits per heavy atom.